The number of amides is 1. The first-order chi connectivity index (χ1) is 13.0. The number of aromatic nitrogens is 3. The molecule has 6 nitrogen and oxygen atoms in total. The van der Waals surface area contributed by atoms with Gasteiger partial charge in [-0.15, -0.1) is 0 Å². The summed E-state index contributed by atoms with van der Waals surface area (Å²) in [4.78, 5) is 38.5. The average Bonchev–Trinajstić information content (AvgIpc) is 2.70. The molecule has 0 atom stereocenters. The number of hydrogen-bond donors (Lipinski definition) is 1. The zero-order chi connectivity index (χ0) is 19.0. The molecule has 3 aromatic heterocycles. The van der Waals surface area contributed by atoms with E-state index in [0.717, 1.165) is 40.7 Å². The lowest BCUT2D eigenvalue weighted by atomic mass is 9.92. The Morgan fingerprint density at radius 3 is 2.74 bits per heavy atom. The fraction of sp³-hybridized carbons (Fsp3) is 0.333. The van der Waals surface area contributed by atoms with Gasteiger partial charge in [-0.2, -0.15) is 0 Å². The molecule has 1 aliphatic heterocycles. The molecule has 4 rings (SSSR count). The zero-order valence-corrected chi connectivity index (χ0v) is 15.5. The van der Waals surface area contributed by atoms with Crippen molar-refractivity contribution in [3.05, 3.63) is 69.5 Å². The predicted octanol–water partition coefficient (Wildman–Crippen LogP) is 2.95. The van der Waals surface area contributed by atoms with Gasteiger partial charge < -0.3 is 9.88 Å². The highest BCUT2D eigenvalue weighted by molar-refractivity contribution is 5.94. The second-order valence-electron chi connectivity index (χ2n) is 7.19. The van der Waals surface area contributed by atoms with E-state index in [9.17, 15) is 9.59 Å². The largest absolute Gasteiger partial charge is 0.338 e. The molecule has 0 aromatic carbocycles. The van der Waals surface area contributed by atoms with Gasteiger partial charge in [0.1, 0.15) is 5.56 Å². The molecule has 1 saturated heterocycles. The highest BCUT2D eigenvalue weighted by Crippen LogP contribution is 2.28. The smallest absolute Gasteiger partial charge is 0.261 e. The summed E-state index contributed by atoms with van der Waals surface area (Å²) in [6, 6.07) is 7.65. The van der Waals surface area contributed by atoms with E-state index >= 15 is 0 Å². The van der Waals surface area contributed by atoms with Crippen LogP contribution in [0.5, 0.6) is 0 Å². The van der Waals surface area contributed by atoms with Gasteiger partial charge in [-0.05, 0) is 56.5 Å². The Balaban J connectivity index is 1.49. The van der Waals surface area contributed by atoms with Crippen LogP contribution in [0.25, 0.3) is 10.9 Å². The van der Waals surface area contributed by atoms with Gasteiger partial charge in [-0.3, -0.25) is 19.6 Å². The average molecular weight is 362 g/mol. The predicted molar refractivity (Wildman–Crippen MR) is 104 cm³/mol. The normalized spacial score (nSPS) is 15.3. The van der Waals surface area contributed by atoms with Crippen LogP contribution < -0.4 is 5.56 Å². The maximum Gasteiger partial charge on any atom is 0.261 e. The van der Waals surface area contributed by atoms with Crippen molar-refractivity contribution >= 4 is 16.8 Å². The molecule has 0 unspecified atom stereocenters. The Bertz CT molecular complexity index is 1070. The Labute approximate surface area is 157 Å². The molecule has 1 fully saturated rings. The molecular weight excluding hydrogens is 340 g/mol. The number of carbonyl (C=O) groups excluding carboxylic acids is 1. The van der Waals surface area contributed by atoms with Crippen molar-refractivity contribution < 1.29 is 4.79 Å². The van der Waals surface area contributed by atoms with E-state index in [1.54, 1.807) is 17.2 Å². The highest BCUT2D eigenvalue weighted by atomic mass is 16.2. The molecule has 138 valence electrons. The maximum absolute atomic E-state index is 12.8. The number of likely N-dealkylation sites (tertiary alicyclic amines) is 1. The maximum atomic E-state index is 12.8. The van der Waals surface area contributed by atoms with Crippen LogP contribution in [0.4, 0.5) is 0 Å². The van der Waals surface area contributed by atoms with Crippen molar-refractivity contribution in [3.63, 3.8) is 0 Å². The van der Waals surface area contributed by atoms with E-state index in [4.69, 9.17) is 0 Å². The van der Waals surface area contributed by atoms with Crippen LogP contribution >= 0.6 is 0 Å². The molecule has 1 N–H and O–H groups in total. The fourth-order valence-corrected chi connectivity index (χ4v) is 3.64. The Hall–Kier alpha value is -3.02. The third-order valence-corrected chi connectivity index (χ3v) is 5.44. The van der Waals surface area contributed by atoms with Gasteiger partial charge in [0.25, 0.3) is 11.5 Å². The standard InChI is InChI=1S/C21H22N4O2/c1-13-10-17(20(26)24-14(13)2)21(27)25-8-5-15(6-9-25)18-11-19-16(12-23-18)4-3-7-22-19/h3-4,7,10-12,15H,5-6,8-9H2,1-2H3,(H,24,26). The number of aryl methyl sites for hydroxylation is 2. The van der Waals surface area contributed by atoms with Gasteiger partial charge in [-0.25, -0.2) is 0 Å². The van der Waals surface area contributed by atoms with Crippen LogP contribution in [0.15, 0.2) is 41.5 Å². The van der Waals surface area contributed by atoms with Crippen molar-refractivity contribution in [2.75, 3.05) is 13.1 Å². The van der Waals surface area contributed by atoms with Gasteiger partial charge >= 0.3 is 0 Å². The minimum absolute atomic E-state index is 0.189. The third kappa shape index (κ3) is 3.35. The van der Waals surface area contributed by atoms with Crippen LogP contribution in [-0.4, -0.2) is 38.8 Å². The van der Waals surface area contributed by atoms with E-state index in [1.165, 1.54) is 0 Å². The van der Waals surface area contributed by atoms with Gasteiger partial charge in [0, 0.05) is 48.2 Å². The fourth-order valence-electron chi connectivity index (χ4n) is 3.64. The number of pyridine rings is 3. The van der Waals surface area contributed by atoms with Crippen molar-refractivity contribution in [1.29, 1.82) is 0 Å². The molecule has 0 radical (unpaired) electrons. The van der Waals surface area contributed by atoms with E-state index in [-0.39, 0.29) is 17.0 Å². The monoisotopic (exact) mass is 362 g/mol. The SMILES string of the molecule is Cc1cc(C(=O)N2CCC(c3cc4ncccc4cn3)CC2)c(=O)[nH]c1C. The number of aromatic amines is 1. The molecule has 1 amide bonds. The number of piperidine rings is 1. The molecule has 3 aromatic rings. The summed E-state index contributed by atoms with van der Waals surface area (Å²) in [5.74, 6) is 0.115. The summed E-state index contributed by atoms with van der Waals surface area (Å²) in [5.41, 5.74) is 3.60. The number of nitrogens with zero attached hydrogens (tertiary/aromatic N) is 3. The van der Waals surface area contributed by atoms with Crippen LogP contribution in [0, 0.1) is 13.8 Å². The van der Waals surface area contributed by atoms with Crippen LogP contribution in [0.3, 0.4) is 0 Å². The summed E-state index contributed by atoms with van der Waals surface area (Å²) in [6.07, 6.45) is 5.32. The third-order valence-electron chi connectivity index (χ3n) is 5.44. The number of hydrogen-bond acceptors (Lipinski definition) is 4. The molecule has 6 heteroatoms. The summed E-state index contributed by atoms with van der Waals surface area (Å²) in [5, 5.41) is 1.03. The minimum atomic E-state index is -0.313. The number of carbonyl (C=O) groups is 1. The van der Waals surface area contributed by atoms with Crippen molar-refractivity contribution in [3.8, 4) is 0 Å². The van der Waals surface area contributed by atoms with Gasteiger partial charge in [0.2, 0.25) is 0 Å². The van der Waals surface area contributed by atoms with Crippen LogP contribution in [0.2, 0.25) is 0 Å². The second-order valence-corrected chi connectivity index (χ2v) is 7.19. The number of nitrogens with one attached hydrogen (secondary N) is 1. The summed E-state index contributed by atoms with van der Waals surface area (Å²) >= 11 is 0. The van der Waals surface area contributed by atoms with E-state index in [1.807, 2.05) is 38.2 Å². The van der Waals surface area contributed by atoms with Crippen LogP contribution in [-0.2, 0) is 0 Å². The molecule has 27 heavy (non-hydrogen) atoms. The lowest BCUT2D eigenvalue weighted by Gasteiger charge is -2.31. The lowest BCUT2D eigenvalue weighted by Crippen LogP contribution is -2.40. The topological polar surface area (TPSA) is 79.0 Å². The zero-order valence-electron chi connectivity index (χ0n) is 15.5. The quantitative estimate of drug-likeness (QED) is 0.760. The number of H-pyrrole nitrogens is 1. The first-order valence-electron chi connectivity index (χ1n) is 9.23. The molecule has 1 aliphatic rings. The van der Waals surface area contributed by atoms with Crippen molar-refractivity contribution in [2.24, 2.45) is 0 Å². The number of fused-ring (bicyclic) bond motifs is 1. The first kappa shape index (κ1) is 17.4. The summed E-state index contributed by atoms with van der Waals surface area (Å²) < 4.78 is 0. The Morgan fingerprint density at radius 1 is 1.19 bits per heavy atom. The van der Waals surface area contributed by atoms with E-state index < -0.39 is 0 Å². The van der Waals surface area contributed by atoms with Gasteiger partial charge in [0.05, 0.1) is 5.52 Å². The summed E-state index contributed by atoms with van der Waals surface area (Å²) in [7, 11) is 0. The van der Waals surface area contributed by atoms with Crippen molar-refractivity contribution in [1.82, 2.24) is 19.9 Å². The second kappa shape index (κ2) is 6.95. The van der Waals surface area contributed by atoms with Crippen LogP contribution in [0.1, 0.15) is 46.1 Å². The molecule has 0 bridgehead atoms. The van der Waals surface area contributed by atoms with E-state index in [2.05, 4.69) is 15.0 Å². The highest BCUT2D eigenvalue weighted by Gasteiger charge is 2.27. The van der Waals surface area contributed by atoms with Crippen molar-refractivity contribution in [2.45, 2.75) is 32.6 Å². The molecule has 4 heterocycles. The first-order valence-corrected chi connectivity index (χ1v) is 9.23. The molecule has 0 saturated carbocycles. The molecule has 0 aliphatic carbocycles. The number of rotatable bonds is 2. The van der Waals surface area contributed by atoms with Gasteiger partial charge in [-0.1, -0.05) is 0 Å². The van der Waals surface area contributed by atoms with Gasteiger partial charge in [0.15, 0.2) is 0 Å². The molecule has 0 spiro atoms. The minimum Gasteiger partial charge on any atom is -0.338 e. The molecular formula is C21H22N4O2. The Kier molecular flexibility index (Phi) is 4.48. The lowest BCUT2D eigenvalue weighted by molar-refractivity contribution is 0.0710. The van der Waals surface area contributed by atoms with E-state index in [0.29, 0.717) is 19.0 Å². The summed E-state index contributed by atoms with van der Waals surface area (Å²) in [6.45, 7) is 4.98. The Morgan fingerprint density at radius 2 is 1.96 bits per heavy atom.